The van der Waals surface area contributed by atoms with Crippen molar-refractivity contribution in [3.63, 3.8) is 0 Å². The first-order valence-electron chi connectivity index (χ1n) is 11.1. The standard InChI is InChI=1S/C27H29ClO4S/c1-3-9-20-10-7-8-13-24(20)32-26(31-22-11-5-4-6-12-22)16-17-33-25-15-14-21(18-23(25)28)19(2)27(29)30/h4-8,10-15,18-19,26H,3,9,16-17H2,1-2H3,(H,29,30). The van der Waals surface area contributed by atoms with Crippen LogP contribution in [0.1, 0.15) is 43.7 Å². The van der Waals surface area contributed by atoms with Gasteiger partial charge in [0.05, 0.1) is 10.9 Å². The van der Waals surface area contributed by atoms with Crippen molar-refractivity contribution in [2.75, 3.05) is 5.75 Å². The van der Waals surface area contributed by atoms with E-state index in [0.29, 0.717) is 17.0 Å². The first-order valence-corrected chi connectivity index (χ1v) is 12.5. The molecule has 3 aromatic carbocycles. The topological polar surface area (TPSA) is 55.8 Å². The predicted octanol–water partition coefficient (Wildman–Crippen LogP) is 7.45. The molecule has 2 unspecified atom stereocenters. The average molecular weight is 485 g/mol. The van der Waals surface area contributed by atoms with Gasteiger partial charge in [0.2, 0.25) is 6.29 Å². The molecule has 0 saturated carbocycles. The number of benzene rings is 3. The van der Waals surface area contributed by atoms with Gasteiger partial charge in [0.15, 0.2) is 0 Å². The minimum Gasteiger partial charge on any atom is -0.481 e. The van der Waals surface area contributed by atoms with Gasteiger partial charge in [-0.2, -0.15) is 0 Å². The SMILES string of the molecule is CCCc1ccccc1OC(CCSc1ccc(C(C)C(=O)O)cc1Cl)Oc1ccccc1. The van der Waals surface area contributed by atoms with Crippen LogP contribution >= 0.6 is 23.4 Å². The van der Waals surface area contributed by atoms with E-state index in [-0.39, 0.29) is 0 Å². The molecule has 4 nitrogen and oxygen atoms in total. The number of aryl methyl sites for hydroxylation is 1. The maximum Gasteiger partial charge on any atom is 0.310 e. The van der Waals surface area contributed by atoms with Crippen LogP contribution in [0.25, 0.3) is 0 Å². The van der Waals surface area contributed by atoms with E-state index < -0.39 is 18.2 Å². The maximum absolute atomic E-state index is 11.2. The second-order valence-corrected chi connectivity index (χ2v) is 9.27. The number of thioether (sulfide) groups is 1. The lowest BCUT2D eigenvalue weighted by molar-refractivity contribution is -0.138. The zero-order valence-corrected chi connectivity index (χ0v) is 20.4. The average Bonchev–Trinajstić information content (AvgIpc) is 2.81. The van der Waals surface area contributed by atoms with Crippen LogP contribution in [0.15, 0.2) is 77.7 Å². The number of hydrogen-bond donors (Lipinski definition) is 1. The summed E-state index contributed by atoms with van der Waals surface area (Å²) in [4.78, 5) is 12.1. The highest BCUT2D eigenvalue weighted by atomic mass is 35.5. The molecule has 174 valence electrons. The van der Waals surface area contributed by atoms with Gasteiger partial charge in [-0.15, -0.1) is 11.8 Å². The highest BCUT2D eigenvalue weighted by molar-refractivity contribution is 7.99. The monoisotopic (exact) mass is 484 g/mol. The van der Waals surface area contributed by atoms with Crippen LogP contribution in [-0.4, -0.2) is 23.1 Å². The molecule has 0 aliphatic carbocycles. The third-order valence-corrected chi connectivity index (χ3v) is 6.73. The summed E-state index contributed by atoms with van der Waals surface area (Å²) < 4.78 is 12.5. The van der Waals surface area contributed by atoms with Gasteiger partial charge in [-0.25, -0.2) is 0 Å². The Morgan fingerprint density at radius 1 is 1.03 bits per heavy atom. The third kappa shape index (κ3) is 7.44. The largest absolute Gasteiger partial charge is 0.481 e. The molecule has 0 fully saturated rings. The van der Waals surface area contributed by atoms with Crippen molar-refractivity contribution < 1.29 is 19.4 Å². The summed E-state index contributed by atoms with van der Waals surface area (Å²) in [6, 6.07) is 23.2. The fourth-order valence-corrected chi connectivity index (χ4v) is 4.58. The van der Waals surface area contributed by atoms with Gasteiger partial charge < -0.3 is 14.6 Å². The Hall–Kier alpha value is -2.63. The van der Waals surface area contributed by atoms with Crippen molar-refractivity contribution in [2.45, 2.75) is 50.2 Å². The van der Waals surface area contributed by atoms with Crippen molar-refractivity contribution in [3.05, 3.63) is 88.9 Å². The molecule has 33 heavy (non-hydrogen) atoms. The van der Waals surface area contributed by atoms with Crippen LogP contribution in [-0.2, 0) is 11.2 Å². The zero-order valence-electron chi connectivity index (χ0n) is 18.9. The number of ether oxygens (including phenoxy) is 2. The Bertz CT molecular complexity index is 1040. The lowest BCUT2D eigenvalue weighted by Crippen LogP contribution is -2.25. The summed E-state index contributed by atoms with van der Waals surface area (Å²) >= 11 is 8.03. The van der Waals surface area contributed by atoms with Crippen LogP contribution in [0.4, 0.5) is 0 Å². The predicted molar refractivity (Wildman–Crippen MR) is 135 cm³/mol. The summed E-state index contributed by atoms with van der Waals surface area (Å²) in [6.45, 7) is 3.80. The maximum atomic E-state index is 11.2. The fraction of sp³-hybridized carbons (Fsp3) is 0.296. The molecule has 0 bridgehead atoms. The van der Waals surface area contributed by atoms with Gasteiger partial charge in [0.25, 0.3) is 0 Å². The lowest BCUT2D eigenvalue weighted by atomic mass is 10.0. The van der Waals surface area contributed by atoms with Crippen LogP contribution in [0, 0.1) is 0 Å². The Kier molecular flexibility index (Phi) is 9.52. The van der Waals surface area contributed by atoms with Crippen LogP contribution in [0.3, 0.4) is 0 Å². The molecule has 0 aromatic heterocycles. The minimum atomic E-state index is -0.868. The van der Waals surface area contributed by atoms with E-state index in [1.54, 1.807) is 24.8 Å². The molecule has 0 amide bonds. The molecule has 2 atom stereocenters. The molecule has 0 radical (unpaired) electrons. The Morgan fingerprint density at radius 3 is 2.45 bits per heavy atom. The summed E-state index contributed by atoms with van der Waals surface area (Å²) in [6.07, 6.45) is 2.17. The van der Waals surface area contributed by atoms with Gasteiger partial charge in [0, 0.05) is 17.1 Å². The van der Waals surface area contributed by atoms with Crippen molar-refractivity contribution in [1.29, 1.82) is 0 Å². The first-order chi connectivity index (χ1) is 16.0. The Morgan fingerprint density at radius 2 is 1.76 bits per heavy atom. The summed E-state index contributed by atoms with van der Waals surface area (Å²) in [5.74, 6) is 0.858. The number of halogens is 1. The molecule has 0 heterocycles. The first kappa shape index (κ1) is 25.0. The number of aliphatic carboxylic acids is 1. The van der Waals surface area contributed by atoms with Crippen LogP contribution < -0.4 is 9.47 Å². The lowest BCUT2D eigenvalue weighted by Gasteiger charge is -2.22. The van der Waals surface area contributed by atoms with E-state index in [1.165, 1.54) is 5.56 Å². The van der Waals surface area contributed by atoms with Crippen molar-refractivity contribution in [2.24, 2.45) is 0 Å². The van der Waals surface area contributed by atoms with E-state index in [4.69, 9.17) is 21.1 Å². The molecule has 6 heteroatoms. The zero-order chi connectivity index (χ0) is 23.6. The van der Waals surface area contributed by atoms with E-state index >= 15 is 0 Å². The number of hydrogen-bond acceptors (Lipinski definition) is 4. The molecular formula is C27H29ClO4S. The number of carbonyl (C=O) groups is 1. The van der Waals surface area contributed by atoms with Crippen LogP contribution in [0.2, 0.25) is 5.02 Å². The molecule has 3 aromatic rings. The van der Waals surface area contributed by atoms with Gasteiger partial charge in [-0.05, 0) is 54.8 Å². The van der Waals surface area contributed by atoms with E-state index in [2.05, 4.69) is 13.0 Å². The van der Waals surface area contributed by atoms with E-state index in [0.717, 1.165) is 35.0 Å². The third-order valence-electron chi connectivity index (χ3n) is 5.20. The summed E-state index contributed by atoms with van der Waals surface area (Å²) in [7, 11) is 0. The second-order valence-electron chi connectivity index (χ2n) is 7.72. The van der Waals surface area contributed by atoms with E-state index in [9.17, 15) is 9.90 Å². The van der Waals surface area contributed by atoms with Crippen molar-refractivity contribution in [1.82, 2.24) is 0 Å². The molecule has 0 aliphatic rings. The quantitative estimate of drug-likeness (QED) is 0.214. The normalized spacial score (nSPS) is 12.7. The van der Waals surface area contributed by atoms with Gasteiger partial charge >= 0.3 is 5.97 Å². The number of carboxylic acids is 1. The summed E-state index contributed by atoms with van der Waals surface area (Å²) in [5.41, 5.74) is 1.86. The van der Waals surface area contributed by atoms with Gasteiger partial charge in [-0.1, -0.05) is 67.4 Å². The molecule has 0 saturated heterocycles. The minimum absolute atomic E-state index is 0.456. The Labute approximate surface area is 204 Å². The van der Waals surface area contributed by atoms with E-state index in [1.807, 2.05) is 60.7 Å². The molecule has 3 rings (SSSR count). The molecule has 1 N–H and O–H groups in total. The smallest absolute Gasteiger partial charge is 0.310 e. The fourth-order valence-electron chi connectivity index (χ4n) is 3.34. The number of rotatable bonds is 12. The highest BCUT2D eigenvalue weighted by Crippen LogP contribution is 2.32. The van der Waals surface area contributed by atoms with Gasteiger partial charge in [0.1, 0.15) is 11.5 Å². The van der Waals surface area contributed by atoms with Crippen LogP contribution in [0.5, 0.6) is 11.5 Å². The molecular weight excluding hydrogens is 456 g/mol. The second kappa shape index (κ2) is 12.6. The summed E-state index contributed by atoms with van der Waals surface area (Å²) in [5, 5.41) is 9.77. The molecule has 0 spiro atoms. The highest BCUT2D eigenvalue weighted by Gasteiger charge is 2.17. The number of para-hydroxylation sites is 2. The number of carboxylic acid groups (broad SMARTS) is 1. The Balaban J connectivity index is 1.68. The molecule has 0 aliphatic heterocycles. The van der Waals surface area contributed by atoms with Crippen molar-refractivity contribution in [3.8, 4) is 11.5 Å². The van der Waals surface area contributed by atoms with Crippen molar-refractivity contribution >= 4 is 29.3 Å². The van der Waals surface area contributed by atoms with Gasteiger partial charge in [-0.3, -0.25) is 4.79 Å².